The van der Waals surface area contributed by atoms with Gasteiger partial charge in [0.1, 0.15) is 12.1 Å². The Balaban J connectivity index is 1.84. The minimum absolute atomic E-state index is 0.663. The maximum absolute atomic E-state index is 5.52. The lowest BCUT2D eigenvalue weighted by Crippen LogP contribution is -2.24. The Morgan fingerprint density at radius 1 is 1.32 bits per heavy atom. The maximum Gasteiger partial charge on any atom is 0.218 e. The minimum atomic E-state index is 0.663. The van der Waals surface area contributed by atoms with Crippen LogP contribution in [-0.4, -0.2) is 23.1 Å². The summed E-state index contributed by atoms with van der Waals surface area (Å²) in [7, 11) is 0. The van der Waals surface area contributed by atoms with Gasteiger partial charge in [0.15, 0.2) is 0 Å². The molecular formula is C15H25N3O. The molecule has 1 aromatic heterocycles. The summed E-state index contributed by atoms with van der Waals surface area (Å²) in [4.78, 5) is 8.37. The summed E-state index contributed by atoms with van der Waals surface area (Å²) in [6, 6.07) is 1.89. The van der Waals surface area contributed by atoms with E-state index in [1.54, 1.807) is 6.33 Å². The molecule has 1 heterocycles. The van der Waals surface area contributed by atoms with Crippen LogP contribution in [0.5, 0.6) is 5.88 Å². The van der Waals surface area contributed by atoms with Crippen LogP contribution in [0.4, 0.5) is 5.82 Å². The number of hydrogen-bond donors (Lipinski definition) is 1. The third-order valence-corrected chi connectivity index (χ3v) is 3.93. The Labute approximate surface area is 116 Å². The summed E-state index contributed by atoms with van der Waals surface area (Å²) >= 11 is 0. The Morgan fingerprint density at radius 2 is 2.16 bits per heavy atom. The molecule has 1 aliphatic rings. The molecule has 0 bridgehead atoms. The fraction of sp³-hybridized carbons (Fsp3) is 0.733. The van der Waals surface area contributed by atoms with Gasteiger partial charge < -0.3 is 10.1 Å². The van der Waals surface area contributed by atoms with Gasteiger partial charge in [0.05, 0.1) is 6.61 Å². The molecule has 0 spiro atoms. The number of nitrogens with zero attached hydrogens (tertiary/aromatic N) is 2. The zero-order chi connectivity index (χ0) is 13.5. The van der Waals surface area contributed by atoms with Gasteiger partial charge in [-0.05, 0) is 24.7 Å². The largest absolute Gasteiger partial charge is 0.478 e. The number of rotatable bonds is 6. The van der Waals surface area contributed by atoms with E-state index in [4.69, 9.17) is 4.74 Å². The average molecular weight is 263 g/mol. The second kappa shape index (κ2) is 7.31. The van der Waals surface area contributed by atoms with Crippen molar-refractivity contribution in [3.05, 3.63) is 12.4 Å². The molecule has 4 heteroatoms. The topological polar surface area (TPSA) is 47.0 Å². The second-order valence-electron chi connectivity index (χ2n) is 5.49. The van der Waals surface area contributed by atoms with Crippen LogP contribution in [0.3, 0.4) is 0 Å². The molecule has 1 saturated carbocycles. The molecule has 2 unspecified atom stereocenters. The lowest BCUT2D eigenvalue weighted by Gasteiger charge is -2.28. The third kappa shape index (κ3) is 4.37. The van der Waals surface area contributed by atoms with Crippen LogP contribution in [0.1, 0.15) is 46.0 Å². The SMILES string of the molecule is CCCOc1cc(NCC2CCCCC2C)ncn1. The molecule has 106 valence electrons. The summed E-state index contributed by atoms with van der Waals surface area (Å²) in [6.07, 6.45) is 8.01. The molecule has 19 heavy (non-hydrogen) atoms. The first-order valence-electron chi connectivity index (χ1n) is 7.48. The van der Waals surface area contributed by atoms with Crippen molar-refractivity contribution in [3.8, 4) is 5.88 Å². The van der Waals surface area contributed by atoms with Gasteiger partial charge in [0, 0.05) is 12.6 Å². The van der Waals surface area contributed by atoms with Crippen molar-refractivity contribution >= 4 is 5.82 Å². The van der Waals surface area contributed by atoms with Crippen molar-refractivity contribution < 1.29 is 4.74 Å². The molecule has 0 saturated heterocycles. The van der Waals surface area contributed by atoms with E-state index in [2.05, 4.69) is 29.1 Å². The van der Waals surface area contributed by atoms with E-state index in [0.29, 0.717) is 12.5 Å². The molecule has 4 nitrogen and oxygen atoms in total. The number of hydrogen-bond acceptors (Lipinski definition) is 4. The van der Waals surface area contributed by atoms with Crippen molar-refractivity contribution in [2.75, 3.05) is 18.5 Å². The van der Waals surface area contributed by atoms with Gasteiger partial charge in [-0.3, -0.25) is 0 Å². The first kappa shape index (κ1) is 14.1. The first-order valence-corrected chi connectivity index (χ1v) is 7.48. The zero-order valence-electron chi connectivity index (χ0n) is 12.1. The molecule has 1 aromatic rings. The molecule has 0 aliphatic heterocycles. The van der Waals surface area contributed by atoms with Crippen molar-refractivity contribution in [2.45, 2.75) is 46.0 Å². The number of ether oxygens (including phenoxy) is 1. The van der Waals surface area contributed by atoms with Crippen LogP contribution in [0.25, 0.3) is 0 Å². The summed E-state index contributed by atoms with van der Waals surface area (Å²) in [5.74, 6) is 3.12. The Bertz CT molecular complexity index is 383. The second-order valence-corrected chi connectivity index (χ2v) is 5.49. The van der Waals surface area contributed by atoms with E-state index in [-0.39, 0.29) is 0 Å². The smallest absolute Gasteiger partial charge is 0.218 e. The normalized spacial score (nSPS) is 23.1. The van der Waals surface area contributed by atoms with Gasteiger partial charge in [0.2, 0.25) is 5.88 Å². The van der Waals surface area contributed by atoms with E-state index in [1.807, 2.05) is 6.07 Å². The quantitative estimate of drug-likeness (QED) is 0.853. The highest BCUT2D eigenvalue weighted by molar-refractivity contribution is 5.37. The van der Waals surface area contributed by atoms with Gasteiger partial charge in [-0.2, -0.15) is 0 Å². The van der Waals surface area contributed by atoms with Crippen molar-refractivity contribution in [2.24, 2.45) is 11.8 Å². The molecular weight excluding hydrogens is 238 g/mol. The van der Waals surface area contributed by atoms with Crippen LogP contribution in [0, 0.1) is 11.8 Å². The van der Waals surface area contributed by atoms with E-state index < -0.39 is 0 Å². The Hall–Kier alpha value is -1.32. The van der Waals surface area contributed by atoms with Crippen molar-refractivity contribution in [1.29, 1.82) is 0 Å². The molecule has 0 amide bonds. The molecule has 1 fully saturated rings. The standard InChI is InChI=1S/C15H25N3O/c1-3-8-19-15-9-14(17-11-18-15)16-10-13-7-5-4-6-12(13)2/h9,11-13H,3-8,10H2,1-2H3,(H,16,17,18). The van der Waals surface area contributed by atoms with E-state index >= 15 is 0 Å². The first-order chi connectivity index (χ1) is 9.29. The monoisotopic (exact) mass is 263 g/mol. The highest BCUT2D eigenvalue weighted by atomic mass is 16.5. The maximum atomic E-state index is 5.52. The molecule has 0 aromatic carbocycles. The number of anilines is 1. The van der Waals surface area contributed by atoms with Crippen molar-refractivity contribution in [3.63, 3.8) is 0 Å². The van der Waals surface area contributed by atoms with Gasteiger partial charge in [0.25, 0.3) is 0 Å². The fourth-order valence-electron chi connectivity index (χ4n) is 2.65. The average Bonchev–Trinajstić information content (AvgIpc) is 2.45. The van der Waals surface area contributed by atoms with Crippen LogP contribution in [-0.2, 0) is 0 Å². The van der Waals surface area contributed by atoms with Gasteiger partial charge in [-0.15, -0.1) is 0 Å². The molecule has 0 radical (unpaired) electrons. The molecule has 1 aliphatic carbocycles. The van der Waals surface area contributed by atoms with Crippen LogP contribution >= 0.6 is 0 Å². The van der Waals surface area contributed by atoms with E-state index in [9.17, 15) is 0 Å². The Morgan fingerprint density at radius 3 is 2.95 bits per heavy atom. The lowest BCUT2D eigenvalue weighted by molar-refractivity contribution is 0.268. The number of nitrogens with one attached hydrogen (secondary N) is 1. The van der Waals surface area contributed by atoms with E-state index in [1.165, 1.54) is 25.7 Å². The van der Waals surface area contributed by atoms with Crippen LogP contribution in [0.2, 0.25) is 0 Å². The summed E-state index contributed by atoms with van der Waals surface area (Å²) in [6.45, 7) is 6.16. The summed E-state index contributed by atoms with van der Waals surface area (Å²) in [5.41, 5.74) is 0. The lowest BCUT2D eigenvalue weighted by atomic mass is 9.80. The zero-order valence-corrected chi connectivity index (χ0v) is 12.1. The molecule has 2 atom stereocenters. The third-order valence-electron chi connectivity index (χ3n) is 3.93. The van der Waals surface area contributed by atoms with Crippen LogP contribution < -0.4 is 10.1 Å². The molecule has 1 N–H and O–H groups in total. The van der Waals surface area contributed by atoms with Gasteiger partial charge in [-0.25, -0.2) is 9.97 Å². The number of aromatic nitrogens is 2. The molecule has 2 rings (SSSR count). The summed E-state index contributed by atoms with van der Waals surface area (Å²) < 4.78 is 5.52. The Kier molecular flexibility index (Phi) is 5.43. The van der Waals surface area contributed by atoms with Gasteiger partial charge in [-0.1, -0.05) is 33.1 Å². The minimum Gasteiger partial charge on any atom is -0.478 e. The predicted octanol–water partition coefficient (Wildman–Crippen LogP) is 3.50. The van der Waals surface area contributed by atoms with E-state index in [0.717, 1.165) is 30.6 Å². The van der Waals surface area contributed by atoms with Crippen LogP contribution in [0.15, 0.2) is 12.4 Å². The summed E-state index contributed by atoms with van der Waals surface area (Å²) in [5, 5.41) is 3.43. The van der Waals surface area contributed by atoms with Crippen molar-refractivity contribution in [1.82, 2.24) is 9.97 Å². The fourth-order valence-corrected chi connectivity index (χ4v) is 2.65. The predicted molar refractivity (Wildman–Crippen MR) is 77.4 cm³/mol. The van der Waals surface area contributed by atoms with Gasteiger partial charge >= 0.3 is 0 Å². The highest BCUT2D eigenvalue weighted by Crippen LogP contribution is 2.29. The highest BCUT2D eigenvalue weighted by Gasteiger charge is 2.20.